The second-order valence-corrected chi connectivity index (χ2v) is 8.22. The van der Waals surface area contributed by atoms with Crippen LogP contribution in [-0.4, -0.2) is 56.6 Å². The van der Waals surface area contributed by atoms with Crippen molar-refractivity contribution in [2.45, 2.75) is 18.7 Å². The molecule has 0 saturated heterocycles. The molecule has 0 fully saturated rings. The van der Waals surface area contributed by atoms with Crippen molar-refractivity contribution in [1.82, 2.24) is 14.9 Å². The maximum Gasteiger partial charge on any atom is 0.263 e. The molecule has 8 nitrogen and oxygen atoms in total. The van der Waals surface area contributed by atoms with Crippen molar-refractivity contribution in [3.8, 4) is 11.5 Å². The summed E-state index contributed by atoms with van der Waals surface area (Å²) >= 11 is 0. The van der Waals surface area contributed by atoms with Gasteiger partial charge in [-0.15, -0.1) is 0 Å². The van der Waals surface area contributed by atoms with Crippen LogP contribution in [0.2, 0.25) is 0 Å². The lowest BCUT2D eigenvalue weighted by Crippen LogP contribution is -2.27. The standard InChI is InChI=1S/C21H26N4O4S/c1-4-25(5-2)11-12-29-20-14-18-17(13-19(20)28-3)21(23-15-22-18)24-30(26,27)16-9-7-6-8-10-16/h6-10,13-15H,4-5,11-12H2,1-3H3,(H,22,23,24). The first-order valence-electron chi connectivity index (χ1n) is 9.74. The Hall–Kier alpha value is -2.91. The highest BCUT2D eigenvalue weighted by molar-refractivity contribution is 7.92. The Morgan fingerprint density at radius 1 is 1.03 bits per heavy atom. The number of nitrogens with zero attached hydrogens (tertiary/aromatic N) is 3. The van der Waals surface area contributed by atoms with Crippen LogP contribution in [0.15, 0.2) is 53.7 Å². The average Bonchev–Trinajstić information content (AvgIpc) is 2.77. The molecule has 1 aromatic heterocycles. The molecule has 0 saturated carbocycles. The van der Waals surface area contributed by atoms with Gasteiger partial charge in [0.05, 0.1) is 17.5 Å². The van der Waals surface area contributed by atoms with Gasteiger partial charge in [0.25, 0.3) is 10.0 Å². The van der Waals surface area contributed by atoms with Gasteiger partial charge in [0.1, 0.15) is 12.9 Å². The second kappa shape index (κ2) is 9.73. The molecule has 0 aliphatic carbocycles. The Balaban J connectivity index is 1.89. The summed E-state index contributed by atoms with van der Waals surface area (Å²) in [5, 5.41) is 0.518. The number of hydrogen-bond acceptors (Lipinski definition) is 7. The summed E-state index contributed by atoms with van der Waals surface area (Å²) in [5.41, 5.74) is 0.550. The van der Waals surface area contributed by atoms with E-state index in [0.717, 1.165) is 19.6 Å². The first-order chi connectivity index (χ1) is 14.5. The first kappa shape index (κ1) is 21.8. The van der Waals surface area contributed by atoms with E-state index in [0.29, 0.717) is 29.0 Å². The van der Waals surface area contributed by atoms with E-state index in [9.17, 15) is 8.42 Å². The van der Waals surface area contributed by atoms with Crippen molar-refractivity contribution >= 4 is 26.7 Å². The van der Waals surface area contributed by atoms with Gasteiger partial charge >= 0.3 is 0 Å². The average molecular weight is 431 g/mol. The normalized spacial score (nSPS) is 11.6. The summed E-state index contributed by atoms with van der Waals surface area (Å²) in [6, 6.07) is 11.5. The molecule has 2 aromatic carbocycles. The van der Waals surface area contributed by atoms with Gasteiger partial charge in [-0.1, -0.05) is 32.0 Å². The third-order valence-corrected chi connectivity index (χ3v) is 6.12. The van der Waals surface area contributed by atoms with Crippen LogP contribution in [0.4, 0.5) is 5.82 Å². The number of anilines is 1. The molecule has 160 valence electrons. The number of methoxy groups -OCH3 is 1. The van der Waals surface area contributed by atoms with Crippen LogP contribution < -0.4 is 14.2 Å². The highest BCUT2D eigenvalue weighted by Gasteiger charge is 2.18. The monoisotopic (exact) mass is 430 g/mol. The van der Waals surface area contributed by atoms with Crippen LogP contribution in [0.25, 0.3) is 10.9 Å². The molecule has 3 rings (SSSR count). The van der Waals surface area contributed by atoms with Gasteiger partial charge in [0.2, 0.25) is 0 Å². The van der Waals surface area contributed by atoms with Crippen LogP contribution in [0.3, 0.4) is 0 Å². The smallest absolute Gasteiger partial charge is 0.263 e. The van der Waals surface area contributed by atoms with Crippen LogP contribution in [0, 0.1) is 0 Å². The molecule has 0 radical (unpaired) electrons. The SMILES string of the molecule is CCN(CC)CCOc1cc2ncnc(NS(=O)(=O)c3ccccc3)c2cc1OC. The maximum absolute atomic E-state index is 12.7. The summed E-state index contributed by atoms with van der Waals surface area (Å²) in [4.78, 5) is 10.8. The molecule has 1 heterocycles. The molecule has 0 spiro atoms. The zero-order chi connectivity index (χ0) is 21.6. The van der Waals surface area contributed by atoms with Crippen molar-refractivity contribution < 1.29 is 17.9 Å². The minimum absolute atomic E-state index is 0.153. The summed E-state index contributed by atoms with van der Waals surface area (Å²) in [6.45, 7) is 7.41. The summed E-state index contributed by atoms with van der Waals surface area (Å²) in [7, 11) is -2.24. The maximum atomic E-state index is 12.7. The van der Waals surface area contributed by atoms with Crippen LogP contribution >= 0.6 is 0 Å². The topological polar surface area (TPSA) is 93.6 Å². The van der Waals surface area contributed by atoms with Crippen LogP contribution in [0.1, 0.15) is 13.8 Å². The molecule has 0 aliphatic rings. The summed E-state index contributed by atoms with van der Waals surface area (Å²) < 4.78 is 39.3. The number of benzene rings is 2. The van der Waals surface area contributed by atoms with Gasteiger partial charge in [-0.3, -0.25) is 4.72 Å². The molecule has 0 unspecified atom stereocenters. The molecule has 9 heteroatoms. The number of rotatable bonds is 10. The fourth-order valence-corrected chi connectivity index (χ4v) is 4.08. The Bertz CT molecular complexity index is 1090. The molecule has 1 N–H and O–H groups in total. The number of aromatic nitrogens is 2. The van der Waals surface area contributed by atoms with E-state index < -0.39 is 10.0 Å². The van der Waals surface area contributed by atoms with Crippen LogP contribution in [-0.2, 0) is 10.0 Å². The van der Waals surface area contributed by atoms with E-state index in [1.165, 1.54) is 25.6 Å². The zero-order valence-electron chi connectivity index (χ0n) is 17.3. The third-order valence-electron chi connectivity index (χ3n) is 4.76. The molecular weight excluding hydrogens is 404 g/mol. The van der Waals surface area contributed by atoms with Gasteiger partial charge in [0.15, 0.2) is 17.3 Å². The number of ether oxygens (including phenoxy) is 2. The van der Waals surface area contributed by atoms with Crippen LogP contribution in [0.5, 0.6) is 11.5 Å². The fraction of sp³-hybridized carbons (Fsp3) is 0.333. The minimum atomic E-state index is -3.78. The second-order valence-electron chi connectivity index (χ2n) is 6.54. The molecular formula is C21H26N4O4S. The van der Waals surface area contributed by atoms with Crippen molar-refractivity contribution in [3.63, 3.8) is 0 Å². The first-order valence-corrected chi connectivity index (χ1v) is 11.2. The Morgan fingerprint density at radius 2 is 1.77 bits per heavy atom. The Morgan fingerprint density at radius 3 is 2.43 bits per heavy atom. The van der Waals surface area contributed by atoms with E-state index in [2.05, 4.69) is 33.4 Å². The van der Waals surface area contributed by atoms with Crippen molar-refractivity contribution in [2.75, 3.05) is 38.1 Å². The minimum Gasteiger partial charge on any atom is -0.493 e. The number of fused-ring (bicyclic) bond motifs is 1. The summed E-state index contributed by atoms with van der Waals surface area (Å²) in [6.07, 6.45) is 1.32. The van der Waals surface area contributed by atoms with E-state index in [4.69, 9.17) is 9.47 Å². The van der Waals surface area contributed by atoms with Gasteiger partial charge in [-0.25, -0.2) is 18.4 Å². The lowest BCUT2D eigenvalue weighted by atomic mass is 10.2. The predicted octanol–water partition coefficient (Wildman–Crippen LogP) is 3.16. The third kappa shape index (κ3) is 4.98. The highest BCUT2D eigenvalue weighted by Crippen LogP contribution is 2.34. The predicted molar refractivity (Wildman–Crippen MR) is 117 cm³/mol. The number of likely N-dealkylation sites (N-methyl/N-ethyl adjacent to an activating group) is 1. The van der Waals surface area contributed by atoms with Crippen molar-refractivity contribution in [2.24, 2.45) is 0 Å². The number of sulfonamides is 1. The van der Waals surface area contributed by atoms with Gasteiger partial charge < -0.3 is 14.4 Å². The Kier molecular flexibility index (Phi) is 7.07. The van der Waals surface area contributed by atoms with E-state index in [1.807, 2.05) is 0 Å². The molecule has 0 amide bonds. The quantitative estimate of drug-likeness (QED) is 0.528. The van der Waals surface area contributed by atoms with E-state index in [-0.39, 0.29) is 10.7 Å². The van der Waals surface area contributed by atoms with Crippen molar-refractivity contribution in [3.05, 3.63) is 48.8 Å². The van der Waals surface area contributed by atoms with E-state index >= 15 is 0 Å². The summed E-state index contributed by atoms with van der Waals surface area (Å²) in [5.74, 6) is 1.21. The Labute approximate surface area is 176 Å². The fourth-order valence-electron chi connectivity index (χ4n) is 3.03. The molecule has 3 aromatic rings. The van der Waals surface area contributed by atoms with Gasteiger partial charge in [0, 0.05) is 18.0 Å². The number of nitrogens with one attached hydrogen (secondary N) is 1. The van der Waals surface area contributed by atoms with E-state index in [1.54, 1.807) is 30.3 Å². The molecule has 30 heavy (non-hydrogen) atoms. The molecule has 0 aliphatic heterocycles. The molecule has 0 bridgehead atoms. The van der Waals surface area contributed by atoms with Gasteiger partial charge in [-0.05, 0) is 31.3 Å². The number of hydrogen-bond donors (Lipinski definition) is 1. The van der Waals surface area contributed by atoms with Crippen molar-refractivity contribution in [1.29, 1.82) is 0 Å². The zero-order valence-corrected chi connectivity index (χ0v) is 18.1. The van der Waals surface area contributed by atoms with Gasteiger partial charge in [-0.2, -0.15) is 0 Å². The lowest BCUT2D eigenvalue weighted by Gasteiger charge is -2.19. The molecule has 0 atom stereocenters. The highest BCUT2D eigenvalue weighted by atomic mass is 32.2. The largest absolute Gasteiger partial charge is 0.493 e. The lowest BCUT2D eigenvalue weighted by molar-refractivity contribution is 0.217.